The van der Waals surface area contributed by atoms with Crippen molar-refractivity contribution < 1.29 is 8.42 Å². The molecule has 1 aromatic carbocycles. The van der Waals surface area contributed by atoms with E-state index in [0.29, 0.717) is 5.82 Å². The predicted molar refractivity (Wildman–Crippen MR) is 97.1 cm³/mol. The highest BCUT2D eigenvalue weighted by Gasteiger charge is 2.15. The van der Waals surface area contributed by atoms with Gasteiger partial charge in [-0.25, -0.2) is 22.6 Å². The Hall–Kier alpha value is -2.23. The fraction of sp³-hybridized carbons (Fsp3) is 0.250. The summed E-state index contributed by atoms with van der Waals surface area (Å²) in [7, 11) is -1.95. The van der Waals surface area contributed by atoms with Crippen LogP contribution in [0.2, 0.25) is 0 Å². The van der Waals surface area contributed by atoms with E-state index in [4.69, 9.17) is 0 Å². The number of aromatic nitrogens is 3. The summed E-state index contributed by atoms with van der Waals surface area (Å²) in [5.41, 5.74) is 0.707. The van der Waals surface area contributed by atoms with Gasteiger partial charge in [-0.2, -0.15) is 0 Å². The van der Waals surface area contributed by atoms with Gasteiger partial charge in [-0.1, -0.05) is 23.8 Å². The Morgan fingerprint density at radius 3 is 2.56 bits per heavy atom. The van der Waals surface area contributed by atoms with Crippen LogP contribution in [0.5, 0.6) is 0 Å². The molecule has 0 fully saturated rings. The number of hydrogen-bond donors (Lipinski definition) is 1. The molecule has 25 heavy (non-hydrogen) atoms. The van der Waals surface area contributed by atoms with Crippen molar-refractivity contribution in [3.8, 4) is 10.7 Å². The molecule has 0 bridgehead atoms. The van der Waals surface area contributed by atoms with E-state index < -0.39 is 10.0 Å². The zero-order valence-corrected chi connectivity index (χ0v) is 15.5. The second-order valence-electron chi connectivity index (χ2n) is 5.58. The number of nitrogens with one attached hydrogen (secondary N) is 1. The molecule has 7 nitrogen and oxygen atoms in total. The van der Waals surface area contributed by atoms with Crippen molar-refractivity contribution in [3.05, 3.63) is 57.8 Å². The summed E-state index contributed by atoms with van der Waals surface area (Å²) >= 11 is 1.49. The van der Waals surface area contributed by atoms with Crippen LogP contribution in [0.15, 0.2) is 51.5 Å². The maximum atomic E-state index is 12.3. The van der Waals surface area contributed by atoms with Crippen LogP contribution in [-0.4, -0.2) is 29.3 Å². The third-order valence-electron chi connectivity index (χ3n) is 3.73. The fourth-order valence-electron chi connectivity index (χ4n) is 2.34. The Bertz CT molecular complexity index is 1020. The molecule has 2 heterocycles. The van der Waals surface area contributed by atoms with E-state index in [1.165, 1.54) is 20.6 Å². The average Bonchev–Trinajstić information content (AvgIpc) is 3.19. The minimum Gasteiger partial charge on any atom is -0.277 e. The molecular formula is C16H18N4O3S2. The van der Waals surface area contributed by atoms with Gasteiger partial charge in [0.2, 0.25) is 10.0 Å². The molecule has 0 aliphatic carbocycles. The molecule has 3 aromatic rings. The number of thiophene rings is 1. The van der Waals surface area contributed by atoms with Crippen LogP contribution in [0.25, 0.3) is 10.7 Å². The first-order valence-electron chi connectivity index (χ1n) is 7.62. The lowest BCUT2D eigenvalue weighted by Gasteiger charge is -2.06. The maximum Gasteiger partial charge on any atom is 0.345 e. The molecule has 0 radical (unpaired) electrons. The second kappa shape index (κ2) is 6.95. The first-order chi connectivity index (χ1) is 11.9. The largest absolute Gasteiger partial charge is 0.345 e. The Morgan fingerprint density at radius 1 is 1.20 bits per heavy atom. The zero-order valence-electron chi connectivity index (χ0n) is 13.8. The molecule has 0 unspecified atom stereocenters. The van der Waals surface area contributed by atoms with Crippen LogP contribution in [0, 0.1) is 6.92 Å². The van der Waals surface area contributed by atoms with Gasteiger partial charge in [0.15, 0.2) is 5.82 Å². The van der Waals surface area contributed by atoms with Crippen LogP contribution in [0.4, 0.5) is 0 Å². The summed E-state index contributed by atoms with van der Waals surface area (Å²) in [6.45, 7) is 2.13. The summed E-state index contributed by atoms with van der Waals surface area (Å²) in [6, 6.07) is 10.4. The van der Waals surface area contributed by atoms with Crippen molar-refractivity contribution in [3.63, 3.8) is 0 Å². The molecule has 3 rings (SSSR count). The Kier molecular flexibility index (Phi) is 4.89. The van der Waals surface area contributed by atoms with Gasteiger partial charge in [0.1, 0.15) is 0 Å². The Balaban J connectivity index is 1.71. The summed E-state index contributed by atoms with van der Waals surface area (Å²) in [5.74, 6) is 0.571. The van der Waals surface area contributed by atoms with Gasteiger partial charge >= 0.3 is 5.69 Å². The van der Waals surface area contributed by atoms with Crippen molar-refractivity contribution in [2.75, 3.05) is 6.54 Å². The monoisotopic (exact) mass is 378 g/mol. The van der Waals surface area contributed by atoms with Crippen LogP contribution in [-0.2, 0) is 23.6 Å². The molecule has 0 saturated carbocycles. The minimum atomic E-state index is -3.60. The molecule has 0 aliphatic heterocycles. The summed E-state index contributed by atoms with van der Waals surface area (Å²) in [5, 5.41) is 6.21. The lowest BCUT2D eigenvalue weighted by Crippen LogP contribution is -2.31. The third kappa shape index (κ3) is 3.73. The standard InChI is InChI=1S/C16H18N4O3S2/c1-12-5-7-13(8-6-12)25(22,23)17-9-10-20-16(21)19(2)15(18-20)14-4-3-11-24-14/h3-8,11,17H,9-10H2,1-2H3. The molecule has 0 spiro atoms. The minimum absolute atomic E-state index is 0.0804. The number of aryl methyl sites for hydroxylation is 1. The number of sulfonamides is 1. The summed E-state index contributed by atoms with van der Waals surface area (Å²) < 4.78 is 29.7. The first-order valence-corrected chi connectivity index (χ1v) is 9.99. The molecule has 9 heteroatoms. The van der Waals surface area contributed by atoms with Crippen molar-refractivity contribution >= 4 is 21.4 Å². The predicted octanol–water partition coefficient (Wildman–Crippen LogP) is 1.60. The lowest BCUT2D eigenvalue weighted by atomic mass is 10.2. The molecule has 132 valence electrons. The average molecular weight is 378 g/mol. The maximum absolute atomic E-state index is 12.3. The number of benzene rings is 1. The van der Waals surface area contributed by atoms with Crippen molar-refractivity contribution in [1.29, 1.82) is 0 Å². The summed E-state index contributed by atoms with van der Waals surface area (Å²) in [4.78, 5) is 13.3. The van der Waals surface area contributed by atoms with E-state index in [0.717, 1.165) is 10.4 Å². The van der Waals surface area contributed by atoms with Gasteiger partial charge in [0.25, 0.3) is 0 Å². The third-order valence-corrected chi connectivity index (χ3v) is 6.07. The normalized spacial score (nSPS) is 11.8. The van der Waals surface area contributed by atoms with Gasteiger partial charge < -0.3 is 0 Å². The molecule has 0 aliphatic rings. The highest BCUT2D eigenvalue weighted by molar-refractivity contribution is 7.89. The van der Waals surface area contributed by atoms with E-state index >= 15 is 0 Å². The fourth-order valence-corrected chi connectivity index (χ4v) is 4.11. The number of rotatable bonds is 6. The van der Waals surface area contributed by atoms with E-state index in [1.54, 1.807) is 31.3 Å². The van der Waals surface area contributed by atoms with Crippen LogP contribution >= 0.6 is 11.3 Å². The van der Waals surface area contributed by atoms with E-state index in [-0.39, 0.29) is 23.7 Å². The van der Waals surface area contributed by atoms with Crippen molar-refractivity contribution in [1.82, 2.24) is 19.1 Å². The van der Waals surface area contributed by atoms with Gasteiger partial charge in [-0.15, -0.1) is 16.4 Å². The lowest BCUT2D eigenvalue weighted by molar-refractivity contribution is 0.551. The molecule has 1 N–H and O–H groups in total. The van der Waals surface area contributed by atoms with E-state index in [1.807, 2.05) is 24.4 Å². The molecular weight excluding hydrogens is 360 g/mol. The van der Waals surface area contributed by atoms with Crippen LogP contribution in [0.1, 0.15) is 5.56 Å². The van der Waals surface area contributed by atoms with Gasteiger partial charge in [-0.3, -0.25) is 4.57 Å². The number of nitrogens with zero attached hydrogens (tertiary/aromatic N) is 3. The quantitative estimate of drug-likeness (QED) is 0.706. The highest BCUT2D eigenvalue weighted by atomic mass is 32.2. The van der Waals surface area contributed by atoms with Crippen LogP contribution in [0.3, 0.4) is 0 Å². The van der Waals surface area contributed by atoms with Crippen LogP contribution < -0.4 is 10.4 Å². The topological polar surface area (TPSA) is 86.0 Å². The first kappa shape index (κ1) is 17.6. The Morgan fingerprint density at radius 2 is 1.92 bits per heavy atom. The molecule has 0 amide bonds. The molecule has 2 aromatic heterocycles. The van der Waals surface area contributed by atoms with Gasteiger partial charge in [-0.05, 0) is 30.5 Å². The SMILES string of the molecule is Cc1ccc(S(=O)(=O)NCCn2nc(-c3cccs3)n(C)c2=O)cc1. The van der Waals surface area contributed by atoms with Gasteiger partial charge in [0, 0.05) is 13.6 Å². The van der Waals surface area contributed by atoms with E-state index in [2.05, 4.69) is 9.82 Å². The van der Waals surface area contributed by atoms with E-state index in [9.17, 15) is 13.2 Å². The second-order valence-corrected chi connectivity index (χ2v) is 8.29. The molecule has 0 atom stereocenters. The summed E-state index contributed by atoms with van der Waals surface area (Å²) in [6.07, 6.45) is 0. The zero-order chi connectivity index (χ0) is 18.0. The highest BCUT2D eigenvalue weighted by Crippen LogP contribution is 2.20. The molecule has 0 saturated heterocycles. The smallest absolute Gasteiger partial charge is 0.277 e. The van der Waals surface area contributed by atoms with Crippen molar-refractivity contribution in [2.45, 2.75) is 18.4 Å². The van der Waals surface area contributed by atoms with Crippen molar-refractivity contribution in [2.24, 2.45) is 7.05 Å². The number of hydrogen-bond acceptors (Lipinski definition) is 5. The van der Waals surface area contributed by atoms with Gasteiger partial charge in [0.05, 0.1) is 16.3 Å². The Labute approximate surface area is 149 Å².